The van der Waals surface area contributed by atoms with Crippen molar-refractivity contribution >= 4 is 46.0 Å². The Morgan fingerprint density at radius 3 is 2.42 bits per heavy atom. The molecule has 72 heavy (non-hydrogen) atoms. The van der Waals surface area contributed by atoms with Gasteiger partial charge in [0.05, 0.1) is 45.5 Å². The van der Waals surface area contributed by atoms with Crippen molar-refractivity contribution in [2.24, 2.45) is 5.92 Å². The molecule has 0 radical (unpaired) electrons. The first kappa shape index (κ1) is 48.6. The number of aryl methyl sites for hydroxylation is 1. The number of β-amino-alcohol motifs (C(OH)–C–C–N with tert-alkyl or cyclic N) is 1. The minimum Gasteiger partial charge on any atom is -0.507 e. The maximum absolute atomic E-state index is 14.2. The summed E-state index contributed by atoms with van der Waals surface area (Å²) in [5.41, 5.74) is 14.7. The number of hydrogen-bond acceptors (Lipinski definition) is 17. The van der Waals surface area contributed by atoms with Crippen LogP contribution in [0.3, 0.4) is 0 Å². The fourth-order valence-corrected chi connectivity index (χ4v) is 11.3. The van der Waals surface area contributed by atoms with Crippen molar-refractivity contribution in [2.45, 2.75) is 95.9 Å². The fraction of sp³-hybridized carbons (Fsp3) is 0.442. The summed E-state index contributed by atoms with van der Waals surface area (Å²) in [5.74, 6) is 0.695. The van der Waals surface area contributed by atoms with E-state index >= 15 is 0 Å². The molecule has 0 aliphatic carbocycles. The van der Waals surface area contributed by atoms with Crippen LogP contribution >= 0.6 is 11.3 Å². The largest absolute Gasteiger partial charge is 0.507 e. The van der Waals surface area contributed by atoms with Gasteiger partial charge >= 0.3 is 0 Å². The Labute approximate surface area is 421 Å². The number of aliphatic hydroxyl groups is 1. The van der Waals surface area contributed by atoms with E-state index in [9.17, 15) is 19.8 Å². The van der Waals surface area contributed by atoms with E-state index in [4.69, 9.17) is 25.0 Å². The van der Waals surface area contributed by atoms with Gasteiger partial charge in [-0.2, -0.15) is 5.10 Å². The molecule has 10 rings (SSSR count). The Morgan fingerprint density at radius 2 is 1.71 bits per heavy atom. The Bertz CT molecular complexity index is 3000. The van der Waals surface area contributed by atoms with Gasteiger partial charge in [-0.05, 0) is 105 Å². The van der Waals surface area contributed by atoms with Crippen molar-refractivity contribution in [3.63, 3.8) is 0 Å². The van der Waals surface area contributed by atoms with Gasteiger partial charge in [0.15, 0.2) is 17.1 Å². The van der Waals surface area contributed by atoms with Gasteiger partial charge in [-0.1, -0.05) is 50.2 Å². The number of phenolic OH excluding ortho intramolecular Hbond substituents is 1. The molecule has 8 heterocycles. The van der Waals surface area contributed by atoms with Crippen molar-refractivity contribution in [1.82, 2.24) is 55.2 Å². The number of nitrogens with two attached hydrogens (primary N) is 1. The van der Waals surface area contributed by atoms with Gasteiger partial charge in [0.25, 0.3) is 5.88 Å². The van der Waals surface area contributed by atoms with E-state index in [1.807, 2.05) is 92.7 Å². The van der Waals surface area contributed by atoms with E-state index in [-0.39, 0.29) is 48.5 Å². The number of nitrogens with zero attached hydrogens (tertiary/aromatic N) is 11. The number of carbonyl (C=O) groups excluding carboxylic acids is 2. The smallest absolute Gasteiger partial charge is 0.254 e. The van der Waals surface area contributed by atoms with Crippen LogP contribution in [0.15, 0.2) is 83.1 Å². The molecule has 376 valence electrons. The quantitative estimate of drug-likeness (QED) is 0.0839. The van der Waals surface area contributed by atoms with Crippen LogP contribution in [0, 0.1) is 12.8 Å². The van der Waals surface area contributed by atoms with Crippen molar-refractivity contribution in [3.8, 4) is 33.3 Å². The van der Waals surface area contributed by atoms with Crippen LogP contribution in [0.2, 0.25) is 0 Å². The number of para-hydroxylation sites is 1. The lowest BCUT2D eigenvalue weighted by atomic mass is 9.91. The molecular formula is C52H61N13O6S. The number of aliphatic hydroxyl groups excluding tert-OH is 1. The third-order valence-electron chi connectivity index (χ3n) is 14.5. The van der Waals surface area contributed by atoms with Crippen LogP contribution in [0.5, 0.6) is 11.6 Å². The van der Waals surface area contributed by atoms with Crippen LogP contribution < -0.4 is 20.7 Å². The van der Waals surface area contributed by atoms with Gasteiger partial charge in [0.1, 0.15) is 24.3 Å². The number of anilines is 2. The number of benzene rings is 2. The summed E-state index contributed by atoms with van der Waals surface area (Å²) in [4.78, 5) is 49.1. The van der Waals surface area contributed by atoms with Crippen molar-refractivity contribution in [2.75, 3.05) is 56.5 Å². The van der Waals surface area contributed by atoms with Crippen LogP contribution in [-0.2, 0) is 9.59 Å². The molecule has 19 nitrogen and oxygen atoms in total. The maximum Gasteiger partial charge on any atom is 0.254 e. The number of likely N-dealkylation sites (tertiary alicyclic amines) is 2. The number of ether oxygens (including phenoxy) is 1. The predicted octanol–water partition coefficient (Wildman–Crippen LogP) is 6.67. The number of nitrogen functional groups attached to an aromatic ring is 1. The lowest BCUT2D eigenvalue weighted by Gasteiger charge is -2.33. The molecule has 0 unspecified atom stereocenters. The van der Waals surface area contributed by atoms with E-state index in [1.54, 1.807) is 29.5 Å². The zero-order chi connectivity index (χ0) is 50.0. The van der Waals surface area contributed by atoms with E-state index in [0.717, 1.165) is 90.6 Å². The van der Waals surface area contributed by atoms with Gasteiger partial charge < -0.3 is 40.3 Å². The first-order valence-electron chi connectivity index (χ1n) is 24.9. The summed E-state index contributed by atoms with van der Waals surface area (Å²) in [6.45, 7) is 12.2. The molecule has 2 aromatic carbocycles. The number of amides is 2. The van der Waals surface area contributed by atoms with E-state index < -0.39 is 18.1 Å². The van der Waals surface area contributed by atoms with E-state index in [1.165, 1.54) is 4.90 Å². The molecular weight excluding hydrogens is 935 g/mol. The standard InChI is InChI=1S/C52H61N13O6S/c1-30(2)46(51(69)64-28-38(66)23-42(64)50(68)57-31(3)33-9-11-35(12-10-33)48-32(4)56-29-72-48)44-25-45(61-71-44)70-22-21-62-17-13-34(14-18-62)36-26-54-52(55-27-36)63-19-15-37(16-20-63)65-41-24-40(39-7-5-6-8-43(39)67)58-59-47(41)49(53)60-65/h5-12,24-27,29-31,34,37-38,42,46,66-67H,13-23,28H2,1-4H3,(H2,53,60)(H,57,68)/t31-,38+,42-,46+/m0/s1. The Kier molecular flexibility index (Phi) is 14.2. The SMILES string of the molecule is Cc1ncsc1-c1ccc([C@H](C)NC(=O)[C@@H]2C[C@@H](O)CN2C(=O)[C@@H](c2cc(OCCN3CCC(c4cnc(N5CCC(n6nc(N)c7nnc(-c8ccccc8O)cc76)CC5)nc4)CC3)no2)C(C)C)cc1. The molecule has 0 saturated carbocycles. The topological polar surface area (TPSA) is 240 Å². The second kappa shape index (κ2) is 21.0. The van der Waals surface area contributed by atoms with Gasteiger partial charge in [0, 0.05) is 56.6 Å². The molecule has 3 fully saturated rings. The molecule has 2 amide bonds. The van der Waals surface area contributed by atoms with Crippen molar-refractivity contribution < 1.29 is 29.1 Å². The molecule has 7 aromatic rings. The number of aromatic hydroxyl groups is 1. The van der Waals surface area contributed by atoms with Crippen LogP contribution in [-0.4, -0.2) is 130 Å². The summed E-state index contributed by atoms with van der Waals surface area (Å²) in [6.07, 6.45) is 6.87. The second-order valence-electron chi connectivity index (χ2n) is 19.6. The second-order valence-corrected chi connectivity index (χ2v) is 20.5. The van der Waals surface area contributed by atoms with Gasteiger partial charge in [0.2, 0.25) is 17.8 Å². The zero-order valence-corrected chi connectivity index (χ0v) is 41.8. The summed E-state index contributed by atoms with van der Waals surface area (Å²) in [6, 6.07) is 17.6. The minimum atomic E-state index is -0.831. The number of thiazole rings is 1. The molecule has 20 heteroatoms. The molecule has 5 aromatic heterocycles. The molecule has 4 atom stereocenters. The zero-order valence-electron chi connectivity index (χ0n) is 41.0. The average molecular weight is 996 g/mol. The number of aromatic nitrogens is 8. The van der Waals surface area contributed by atoms with Crippen molar-refractivity contribution in [3.05, 3.63) is 101 Å². The summed E-state index contributed by atoms with van der Waals surface area (Å²) in [5, 5.41) is 41.7. The highest BCUT2D eigenvalue weighted by molar-refractivity contribution is 7.13. The maximum atomic E-state index is 14.2. The fourth-order valence-electron chi connectivity index (χ4n) is 10.4. The summed E-state index contributed by atoms with van der Waals surface area (Å²) in [7, 11) is 0. The Hall–Kier alpha value is -7.03. The lowest BCUT2D eigenvalue weighted by Crippen LogP contribution is -2.48. The number of rotatable bonds is 15. The third kappa shape index (κ3) is 10.2. The molecule has 0 bridgehead atoms. The highest BCUT2D eigenvalue weighted by Crippen LogP contribution is 2.36. The Balaban J connectivity index is 0.677. The molecule has 3 aliphatic heterocycles. The first-order valence-corrected chi connectivity index (χ1v) is 25.7. The molecule has 3 aliphatic rings. The molecule has 0 spiro atoms. The summed E-state index contributed by atoms with van der Waals surface area (Å²) >= 11 is 1.59. The number of nitrogens with one attached hydrogen (secondary N) is 1. The molecule has 3 saturated heterocycles. The highest BCUT2D eigenvalue weighted by Gasteiger charge is 2.43. The van der Waals surface area contributed by atoms with E-state index in [2.05, 4.69) is 40.6 Å². The van der Waals surface area contributed by atoms with E-state index in [0.29, 0.717) is 53.3 Å². The first-order chi connectivity index (χ1) is 34.9. The van der Waals surface area contributed by atoms with Gasteiger partial charge in [-0.15, -0.1) is 21.5 Å². The normalized spacial score (nSPS) is 19.0. The molecule has 5 N–H and O–H groups in total. The van der Waals surface area contributed by atoms with Gasteiger partial charge in [-0.3, -0.25) is 19.2 Å². The van der Waals surface area contributed by atoms with Crippen LogP contribution in [0.4, 0.5) is 11.8 Å². The van der Waals surface area contributed by atoms with Crippen LogP contribution in [0.1, 0.15) is 99.4 Å². The van der Waals surface area contributed by atoms with Gasteiger partial charge in [-0.25, -0.2) is 15.0 Å². The number of carbonyl (C=O) groups is 2. The number of piperidine rings is 2. The summed E-state index contributed by atoms with van der Waals surface area (Å²) < 4.78 is 13.7. The number of fused-ring (bicyclic) bond motifs is 1. The third-order valence-corrected chi connectivity index (χ3v) is 15.5. The number of phenols is 1. The minimum absolute atomic E-state index is 0.0507. The van der Waals surface area contributed by atoms with Crippen molar-refractivity contribution in [1.29, 1.82) is 0 Å². The predicted molar refractivity (Wildman–Crippen MR) is 272 cm³/mol. The monoisotopic (exact) mass is 995 g/mol. The van der Waals surface area contributed by atoms with Crippen LogP contribution in [0.25, 0.3) is 32.7 Å². The lowest BCUT2D eigenvalue weighted by molar-refractivity contribution is -0.141. The highest BCUT2D eigenvalue weighted by atomic mass is 32.1. The average Bonchev–Trinajstić information content (AvgIpc) is 4.21. The Morgan fingerprint density at radius 1 is 0.958 bits per heavy atom. The number of hydrogen-bond donors (Lipinski definition) is 4.